The SMILES string of the molecule is CO[C@@H]1C[C@@H](CO)N(C(=O)C2CCC(F)(F)CC2)C1. The van der Waals surface area contributed by atoms with Crippen LogP contribution in [0.3, 0.4) is 0 Å². The van der Waals surface area contributed by atoms with Crippen LogP contribution in [0.1, 0.15) is 32.1 Å². The summed E-state index contributed by atoms with van der Waals surface area (Å²) in [6.45, 7) is 0.349. The lowest BCUT2D eigenvalue weighted by Gasteiger charge is -2.32. The predicted octanol–water partition coefficient (Wildman–Crippen LogP) is 1.42. The van der Waals surface area contributed by atoms with Crippen molar-refractivity contribution in [3.8, 4) is 0 Å². The quantitative estimate of drug-likeness (QED) is 0.849. The molecule has 0 radical (unpaired) electrons. The number of nitrogens with zero attached hydrogens (tertiary/aromatic N) is 1. The number of hydrogen-bond acceptors (Lipinski definition) is 3. The number of carbonyl (C=O) groups is 1. The number of methoxy groups -OCH3 is 1. The number of alkyl halides is 2. The van der Waals surface area contributed by atoms with E-state index < -0.39 is 5.92 Å². The third-order valence-electron chi connectivity index (χ3n) is 4.27. The summed E-state index contributed by atoms with van der Waals surface area (Å²) in [5.74, 6) is -3.05. The smallest absolute Gasteiger partial charge is 0.248 e. The van der Waals surface area contributed by atoms with E-state index in [9.17, 15) is 18.7 Å². The maximum Gasteiger partial charge on any atom is 0.248 e. The van der Waals surface area contributed by atoms with E-state index in [4.69, 9.17) is 4.74 Å². The van der Waals surface area contributed by atoms with Gasteiger partial charge in [-0.05, 0) is 19.3 Å². The molecule has 4 nitrogen and oxygen atoms in total. The molecule has 0 aromatic carbocycles. The predicted molar refractivity (Wildman–Crippen MR) is 64.9 cm³/mol. The van der Waals surface area contributed by atoms with Crippen molar-refractivity contribution in [1.82, 2.24) is 4.90 Å². The van der Waals surface area contributed by atoms with Crippen molar-refractivity contribution in [2.24, 2.45) is 5.92 Å². The largest absolute Gasteiger partial charge is 0.394 e. The van der Waals surface area contributed by atoms with Gasteiger partial charge in [0.25, 0.3) is 0 Å². The van der Waals surface area contributed by atoms with Crippen molar-refractivity contribution >= 4 is 5.91 Å². The zero-order valence-electron chi connectivity index (χ0n) is 11.1. The molecular weight excluding hydrogens is 256 g/mol. The summed E-state index contributed by atoms with van der Waals surface area (Å²) >= 11 is 0. The van der Waals surface area contributed by atoms with Crippen LogP contribution < -0.4 is 0 Å². The molecule has 1 heterocycles. The highest BCUT2D eigenvalue weighted by Crippen LogP contribution is 2.37. The lowest BCUT2D eigenvalue weighted by atomic mass is 9.86. The van der Waals surface area contributed by atoms with Crippen LogP contribution >= 0.6 is 0 Å². The zero-order chi connectivity index (χ0) is 14.0. The van der Waals surface area contributed by atoms with Gasteiger partial charge in [-0.15, -0.1) is 0 Å². The van der Waals surface area contributed by atoms with E-state index in [1.807, 2.05) is 0 Å². The Morgan fingerprint density at radius 2 is 2.05 bits per heavy atom. The number of aliphatic hydroxyl groups is 1. The summed E-state index contributed by atoms with van der Waals surface area (Å²) in [7, 11) is 1.58. The molecule has 1 N–H and O–H groups in total. The van der Waals surface area contributed by atoms with Gasteiger partial charge in [0.2, 0.25) is 11.8 Å². The maximum absolute atomic E-state index is 13.1. The van der Waals surface area contributed by atoms with Gasteiger partial charge in [-0.3, -0.25) is 4.79 Å². The van der Waals surface area contributed by atoms with Crippen LogP contribution in [0.2, 0.25) is 0 Å². The van der Waals surface area contributed by atoms with E-state index in [0.717, 1.165) is 0 Å². The fourth-order valence-electron chi connectivity index (χ4n) is 3.01. The Morgan fingerprint density at radius 1 is 1.42 bits per heavy atom. The van der Waals surface area contributed by atoms with Gasteiger partial charge in [0.15, 0.2) is 0 Å². The summed E-state index contributed by atoms with van der Waals surface area (Å²) in [5.41, 5.74) is 0. The van der Waals surface area contributed by atoms with Gasteiger partial charge in [-0.2, -0.15) is 0 Å². The monoisotopic (exact) mass is 277 g/mol. The minimum atomic E-state index is -2.62. The second kappa shape index (κ2) is 5.71. The van der Waals surface area contributed by atoms with Crippen LogP contribution in [0.15, 0.2) is 0 Å². The molecule has 1 saturated carbocycles. The van der Waals surface area contributed by atoms with Crippen LogP contribution in [-0.4, -0.2) is 54.2 Å². The number of carbonyl (C=O) groups excluding carboxylic acids is 1. The Labute approximate surface area is 111 Å². The first-order valence-electron chi connectivity index (χ1n) is 6.79. The molecule has 110 valence electrons. The van der Waals surface area contributed by atoms with Crippen LogP contribution in [-0.2, 0) is 9.53 Å². The van der Waals surface area contributed by atoms with Crippen LogP contribution in [0.5, 0.6) is 0 Å². The number of halogens is 2. The van der Waals surface area contributed by atoms with E-state index in [1.54, 1.807) is 12.0 Å². The third kappa shape index (κ3) is 3.23. The molecule has 0 spiro atoms. The summed E-state index contributed by atoms with van der Waals surface area (Å²) in [6.07, 6.45) is 0.590. The summed E-state index contributed by atoms with van der Waals surface area (Å²) in [6, 6.07) is -0.236. The summed E-state index contributed by atoms with van der Waals surface area (Å²) in [4.78, 5) is 14.0. The van der Waals surface area contributed by atoms with Gasteiger partial charge < -0.3 is 14.7 Å². The Morgan fingerprint density at radius 3 is 2.58 bits per heavy atom. The molecule has 0 bridgehead atoms. The number of aliphatic hydroxyl groups excluding tert-OH is 1. The molecule has 1 aliphatic carbocycles. The molecule has 2 atom stereocenters. The normalized spacial score (nSPS) is 31.7. The highest BCUT2D eigenvalue weighted by Gasteiger charge is 2.42. The van der Waals surface area contributed by atoms with Gasteiger partial charge >= 0.3 is 0 Å². The Bertz CT molecular complexity index is 328. The molecule has 0 aromatic heterocycles. The fraction of sp³-hybridized carbons (Fsp3) is 0.923. The van der Waals surface area contributed by atoms with Crippen molar-refractivity contribution in [3.63, 3.8) is 0 Å². The van der Waals surface area contributed by atoms with Gasteiger partial charge in [-0.1, -0.05) is 0 Å². The van der Waals surface area contributed by atoms with Crippen molar-refractivity contribution < 1.29 is 23.4 Å². The highest BCUT2D eigenvalue weighted by molar-refractivity contribution is 5.79. The standard InChI is InChI=1S/C13H21F2NO3/c1-19-11-6-10(8-17)16(7-11)12(18)9-2-4-13(14,15)5-3-9/h9-11,17H,2-8H2,1H3/t10-,11+/m0/s1. The molecule has 6 heteroatoms. The summed E-state index contributed by atoms with van der Waals surface area (Å²) in [5, 5.41) is 9.31. The minimum Gasteiger partial charge on any atom is -0.394 e. The van der Waals surface area contributed by atoms with Gasteiger partial charge in [0, 0.05) is 32.4 Å². The second-order valence-electron chi connectivity index (χ2n) is 5.55. The van der Waals surface area contributed by atoms with Crippen molar-refractivity contribution in [2.75, 3.05) is 20.3 Å². The molecule has 2 fully saturated rings. The molecule has 1 aliphatic heterocycles. The third-order valence-corrected chi connectivity index (χ3v) is 4.27. The van der Waals surface area contributed by atoms with Crippen molar-refractivity contribution in [3.05, 3.63) is 0 Å². The molecule has 0 unspecified atom stereocenters. The fourth-order valence-corrected chi connectivity index (χ4v) is 3.01. The van der Waals surface area contributed by atoms with Crippen LogP contribution in [0.4, 0.5) is 8.78 Å². The molecule has 1 amide bonds. The number of likely N-dealkylation sites (tertiary alicyclic amines) is 1. The molecule has 2 aliphatic rings. The van der Waals surface area contributed by atoms with Gasteiger partial charge in [0.05, 0.1) is 18.8 Å². The molecular formula is C13H21F2NO3. The Hall–Kier alpha value is -0.750. The molecule has 19 heavy (non-hydrogen) atoms. The lowest BCUT2D eigenvalue weighted by Crippen LogP contribution is -2.43. The second-order valence-corrected chi connectivity index (χ2v) is 5.55. The Kier molecular flexibility index (Phi) is 4.40. The Balaban J connectivity index is 1.96. The average Bonchev–Trinajstić information content (AvgIpc) is 2.81. The molecule has 1 saturated heterocycles. The van der Waals surface area contributed by atoms with Crippen LogP contribution in [0, 0.1) is 5.92 Å². The van der Waals surface area contributed by atoms with E-state index in [0.29, 0.717) is 13.0 Å². The van der Waals surface area contributed by atoms with Crippen LogP contribution in [0.25, 0.3) is 0 Å². The maximum atomic E-state index is 13.1. The van der Waals surface area contributed by atoms with E-state index in [2.05, 4.69) is 0 Å². The first kappa shape index (κ1) is 14.7. The van der Waals surface area contributed by atoms with E-state index in [1.165, 1.54) is 0 Å². The average molecular weight is 277 g/mol. The highest BCUT2D eigenvalue weighted by atomic mass is 19.3. The lowest BCUT2D eigenvalue weighted by molar-refractivity contribution is -0.141. The van der Waals surface area contributed by atoms with Crippen molar-refractivity contribution in [2.45, 2.75) is 50.2 Å². The van der Waals surface area contributed by atoms with Gasteiger partial charge in [-0.25, -0.2) is 8.78 Å². The molecule has 2 rings (SSSR count). The van der Waals surface area contributed by atoms with E-state index in [-0.39, 0.29) is 56.3 Å². The topological polar surface area (TPSA) is 49.8 Å². The minimum absolute atomic E-state index is 0.0638. The first-order valence-corrected chi connectivity index (χ1v) is 6.79. The van der Waals surface area contributed by atoms with E-state index >= 15 is 0 Å². The zero-order valence-corrected chi connectivity index (χ0v) is 11.1. The van der Waals surface area contributed by atoms with Gasteiger partial charge in [0.1, 0.15) is 0 Å². The number of amides is 1. The first-order chi connectivity index (χ1) is 8.96. The number of rotatable bonds is 3. The van der Waals surface area contributed by atoms with Crippen molar-refractivity contribution in [1.29, 1.82) is 0 Å². The number of ether oxygens (including phenoxy) is 1. The molecule has 0 aromatic rings. The number of hydrogen-bond donors (Lipinski definition) is 1. The summed E-state index contributed by atoms with van der Waals surface area (Å²) < 4.78 is 31.4.